The van der Waals surface area contributed by atoms with Gasteiger partial charge in [-0.05, 0) is 44.0 Å². The number of aryl methyl sites for hydroxylation is 4. The van der Waals surface area contributed by atoms with E-state index in [0.717, 1.165) is 39.3 Å². The summed E-state index contributed by atoms with van der Waals surface area (Å²) in [6, 6.07) is 13.3. The lowest BCUT2D eigenvalue weighted by atomic mass is 10.1. The average molecular weight is 467 g/mol. The Morgan fingerprint density at radius 1 is 1.09 bits per heavy atom. The number of benzene rings is 2. The second-order valence-corrected chi connectivity index (χ2v) is 10.6. The van der Waals surface area contributed by atoms with Gasteiger partial charge in [-0.3, -0.25) is 9.48 Å². The van der Waals surface area contributed by atoms with Crippen molar-refractivity contribution in [3.05, 3.63) is 76.1 Å². The third kappa shape index (κ3) is 4.32. The summed E-state index contributed by atoms with van der Waals surface area (Å²) in [7, 11) is -1.80. The Morgan fingerprint density at radius 2 is 1.73 bits per heavy atom. The molecule has 0 saturated carbocycles. The molecule has 1 amide bonds. The second-order valence-electron chi connectivity index (χ2n) is 8.75. The molecule has 7 nitrogen and oxygen atoms in total. The number of carbonyl (C=O) groups is 1. The minimum atomic E-state index is -3.67. The van der Waals surface area contributed by atoms with Crippen LogP contribution in [0.4, 0.5) is 5.69 Å². The van der Waals surface area contributed by atoms with Crippen molar-refractivity contribution >= 4 is 21.6 Å². The van der Waals surface area contributed by atoms with E-state index in [1.54, 1.807) is 9.21 Å². The maximum atomic E-state index is 13.7. The molecule has 0 saturated heterocycles. The maximum Gasteiger partial charge on any atom is 0.243 e. The van der Waals surface area contributed by atoms with Crippen LogP contribution in [0.25, 0.3) is 0 Å². The summed E-state index contributed by atoms with van der Waals surface area (Å²) in [5, 5.41) is 4.68. The molecule has 1 aliphatic heterocycles. The number of anilines is 1. The van der Waals surface area contributed by atoms with Crippen molar-refractivity contribution < 1.29 is 13.2 Å². The Hall–Kier alpha value is -2.97. The predicted molar refractivity (Wildman–Crippen MR) is 128 cm³/mol. The fraction of sp³-hybridized carbons (Fsp3) is 0.360. The quantitative estimate of drug-likeness (QED) is 0.575. The van der Waals surface area contributed by atoms with Gasteiger partial charge in [-0.25, -0.2) is 8.42 Å². The van der Waals surface area contributed by atoms with Gasteiger partial charge in [0.25, 0.3) is 0 Å². The normalized spacial score (nSPS) is 14.2. The number of aromatic nitrogens is 2. The van der Waals surface area contributed by atoms with Gasteiger partial charge in [0.15, 0.2) is 0 Å². The van der Waals surface area contributed by atoms with E-state index in [1.807, 2.05) is 75.0 Å². The lowest BCUT2D eigenvalue weighted by Gasteiger charge is -2.29. The topological polar surface area (TPSA) is 75.5 Å². The third-order valence-electron chi connectivity index (χ3n) is 6.25. The van der Waals surface area contributed by atoms with E-state index in [0.29, 0.717) is 24.4 Å². The summed E-state index contributed by atoms with van der Waals surface area (Å²) in [5.74, 6) is -0.0909. The molecule has 0 N–H and O–H groups in total. The first-order chi connectivity index (χ1) is 15.6. The van der Waals surface area contributed by atoms with Gasteiger partial charge in [-0.2, -0.15) is 9.40 Å². The number of nitrogens with zero attached hydrogens (tertiary/aromatic N) is 4. The Labute approximate surface area is 195 Å². The first kappa shape index (κ1) is 23.2. The van der Waals surface area contributed by atoms with Crippen LogP contribution in [0.3, 0.4) is 0 Å². The highest BCUT2D eigenvalue weighted by Crippen LogP contribution is 2.31. The molecular formula is C25H30N4O3S. The molecule has 8 heteroatoms. The lowest BCUT2D eigenvalue weighted by Crippen LogP contribution is -2.37. The van der Waals surface area contributed by atoms with Crippen molar-refractivity contribution in [1.82, 2.24) is 14.1 Å². The standard InChI is InChI=1S/C25H30N4O3S/c1-17-13-18(2)25(19(3)14-17)33(31,32)28-12-11-24-22(15-28)23(26-27(24)5)16-29(20(4)30)21-9-7-6-8-10-21/h6-10,13-14H,11-12,15-16H2,1-5H3. The van der Waals surface area contributed by atoms with Crippen LogP contribution in [0, 0.1) is 20.8 Å². The Kier molecular flexibility index (Phi) is 6.16. The molecule has 0 fully saturated rings. The molecule has 174 valence electrons. The van der Waals surface area contributed by atoms with Gasteiger partial charge in [-0.1, -0.05) is 35.9 Å². The highest BCUT2D eigenvalue weighted by Gasteiger charge is 2.34. The monoisotopic (exact) mass is 466 g/mol. The van der Waals surface area contributed by atoms with Crippen LogP contribution >= 0.6 is 0 Å². The summed E-state index contributed by atoms with van der Waals surface area (Å²) in [4.78, 5) is 14.5. The molecule has 2 heterocycles. The van der Waals surface area contributed by atoms with Gasteiger partial charge < -0.3 is 4.90 Å². The maximum absolute atomic E-state index is 13.7. The molecule has 1 aliphatic rings. The van der Waals surface area contributed by atoms with Crippen LogP contribution < -0.4 is 4.90 Å². The number of hydrogen-bond acceptors (Lipinski definition) is 4. The number of para-hydroxylation sites is 1. The van der Waals surface area contributed by atoms with Gasteiger partial charge in [0, 0.05) is 50.4 Å². The number of amides is 1. The first-order valence-electron chi connectivity index (χ1n) is 11.0. The molecule has 2 aromatic carbocycles. The highest BCUT2D eigenvalue weighted by atomic mass is 32.2. The van der Waals surface area contributed by atoms with E-state index in [-0.39, 0.29) is 12.5 Å². The third-order valence-corrected chi connectivity index (χ3v) is 8.40. The zero-order valence-electron chi connectivity index (χ0n) is 19.8. The summed E-state index contributed by atoms with van der Waals surface area (Å²) in [6.07, 6.45) is 0.577. The molecule has 3 aromatic rings. The van der Waals surface area contributed by atoms with E-state index >= 15 is 0 Å². The summed E-state index contributed by atoms with van der Waals surface area (Å²) in [6.45, 7) is 8.13. The molecule has 0 atom stereocenters. The van der Waals surface area contributed by atoms with Crippen molar-refractivity contribution in [2.45, 2.75) is 52.1 Å². The van der Waals surface area contributed by atoms with Crippen molar-refractivity contribution in [1.29, 1.82) is 0 Å². The predicted octanol–water partition coefficient (Wildman–Crippen LogP) is 3.65. The molecule has 0 spiro atoms. The Morgan fingerprint density at radius 3 is 2.33 bits per heavy atom. The van der Waals surface area contributed by atoms with E-state index in [4.69, 9.17) is 0 Å². The van der Waals surface area contributed by atoms with Crippen LogP contribution in [-0.2, 0) is 41.4 Å². The molecule has 33 heavy (non-hydrogen) atoms. The summed E-state index contributed by atoms with van der Waals surface area (Å²) < 4.78 is 30.7. The van der Waals surface area contributed by atoms with Gasteiger partial charge in [-0.15, -0.1) is 0 Å². The SMILES string of the molecule is CC(=O)N(Cc1nn(C)c2c1CN(S(=O)(=O)c1c(C)cc(C)cc1C)CC2)c1ccccc1. The van der Waals surface area contributed by atoms with Crippen LogP contribution in [0.2, 0.25) is 0 Å². The van der Waals surface area contributed by atoms with Gasteiger partial charge in [0.1, 0.15) is 0 Å². The zero-order chi connectivity index (χ0) is 23.9. The van der Waals surface area contributed by atoms with E-state index in [1.165, 1.54) is 6.92 Å². The minimum Gasteiger partial charge on any atom is -0.307 e. The number of carbonyl (C=O) groups excluding carboxylic acids is 1. The van der Waals surface area contributed by atoms with Crippen LogP contribution in [0.1, 0.15) is 40.6 Å². The first-order valence-corrected chi connectivity index (χ1v) is 12.5. The fourth-order valence-electron chi connectivity index (χ4n) is 4.82. The van der Waals surface area contributed by atoms with Crippen molar-refractivity contribution in [2.24, 2.45) is 7.05 Å². The number of rotatable bonds is 5. The van der Waals surface area contributed by atoms with Crippen molar-refractivity contribution in [2.75, 3.05) is 11.4 Å². The summed E-state index contributed by atoms with van der Waals surface area (Å²) >= 11 is 0. The number of fused-ring (bicyclic) bond motifs is 1. The van der Waals surface area contributed by atoms with Crippen molar-refractivity contribution in [3.8, 4) is 0 Å². The minimum absolute atomic E-state index is 0.0909. The van der Waals surface area contributed by atoms with E-state index in [2.05, 4.69) is 5.10 Å². The Balaban J connectivity index is 1.69. The largest absolute Gasteiger partial charge is 0.307 e. The summed E-state index contributed by atoms with van der Waals surface area (Å²) in [5.41, 5.74) is 5.99. The molecule has 0 bridgehead atoms. The van der Waals surface area contributed by atoms with E-state index in [9.17, 15) is 13.2 Å². The van der Waals surface area contributed by atoms with Crippen LogP contribution in [0.5, 0.6) is 0 Å². The van der Waals surface area contributed by atoms with Crippen LogP contribution in [-0.4, -0.2) is 35.0 Å². The molecule has 0 unspecified atom stereocenters. The second kappa shape index (κ2) is 8.76. The molecular weight excluding hydrogens is 436 g/mol. The average Bonchev–Trinajstić information content (AvgIpc) is 3.06. The smallest absolute Gasteiger partial charge is 0.243 e. The van der Waals surface area contributed by atoms with Crippen LogP contribution in [0.15, 0.2) is 47.4 Å². The number of hydrogen-bond donors (Lipinski definition) is 0. The van der Waals surface area contributed by atoms with E-state index < -0.39 is 10.0 Å². The Bertz CT molecular complexity index is 1290. The van der Waals surface area contributed by atoms with Crippen molar-refractivity contribution in [3.63, 3.8) is 0 Å². The zero-order valence-corrected chi connectivity index (χ0v) is 20.6. The highest BCUT2D eigenvalue weighted by molar-refractivity contribution is 7.89. The molecule has 0 aliphatic carbocycles. The van der Waals surface area contributed by atoms with Gasteiger partial charge in [0.2, 0.25) is 15.9 Å². The van der Waals surface area contributed by atoms with Gasteiger partial charge in [0.05, 0.1) is 17.1 Å². The lowest BCUT2D eigenvalue weighted by molar-refractivity contribution is -0.116. The molecule has 0 radical (unpaired) electrons. The fourth-order valence-corrected chi connectivity index (χ4v) is 6.64. The number of sulfonamides is 1. The van der Waals surface area contributed by atoms with Gasteiger partial charge >= 0.3 is 0 Å². The molecule has 4 rings (SSSR count). The molecule has 1 aromatic heterocycles.